The van der Waals surface area contributed by atoms with Gasteiger partial charge in [-0.25, -0.2) is 0 Å². The van der Waals surface area contributed by atoms with Crippen LogP contribution < -0.4 is 5.32 Å². The molecule has 0 atom stereocenters. The van der Waals surface area contributed by atoms with Gasteiger partial charge in [-0.2, -0.15) is 0 Å². The van der Waals surface area contributed by atoms with Crippen molar-refractivity contribution < 1.29 is 0 Å². The molecule has 0 aliphatic heterocycles. The SMILES string of the molecule is CNCc1cc(Br)ccc1Sc1cc(C)ccc1C. The maximum atomic E-state index is 3.54. The topological polar surface area (TPSA) is 12.0 Å². The minimum Gasteiger partial charge on any atom is -0.316 e. The number of halogens is 1. The van der Waals surface area contributed by atoms with Crippen LogP contribution in [0.25, 0.3) is 0 Å². The number of hydrogen-bond donors (Lipinski definition) is 1. The number of nitrogens with one attached hydrogen (secondary N) is 1. The van der Waals surface area contributed by atoms with Crippen molar-refractivity contribution in [2.75, 3.05) is 7.05 Å². The van der Waals surface area contributed by atoms with Crippen molar-refractivity contribution in [3.05, 3.63) is 57.6 Å². The first-order chi connectivity index (χ1) is 9.10. The van der Waals surface area contributed by atoms with E-state index >= 15 is 0 Å². The van der Waals surface area contributed by atoms with Crippen LogP contribution in [0.3, 0.4) is 0 Å². The summed E-state index contributed by atoms with van der Waals surface area (Å²) < 4.78 is 1.13. The first kappa shape index (κ1) is 14.6. The Morgan fingerprint density at radius 3 is 2.58 bits per heavy atom. The highest BCUT2D eigenvalue weighted by Gasteiger charge is 2.07. The molecular formula is C16H18BrNS. The van der Waals surface area contributed by atoms with E-state index in [0.29, 0.717) is 0 Å². The smallest absolute Gasteiger partial charge is 0.0214 e. The van der Waals surface area contributed by atoms with E-state index in [4.69, 9.17) is 0 Å². The summed E-state index contributed by atoms with van der Waals surface area (Å²) in [7, 11) is 1.98. The zero-order valence-electron chi connectivity index (χ0n) is 11.5. The highest BCUT2D eigenvalue weighted by atomic mass is 79.9. The van der Waals surface area contributed by atoms with E-state index in [2.05, 4.69) is 71.5 Å². The minimum atomic E-state index is 0.882. The average molecular weight is 336 g/mol. The number of hydrogen-bond acceptors (Lipinski definition) is 2. The van der Waals surface area contributed by atoms with E-state index in [1.54, 1.807) is 0 Å². The van der Waals surface area contributed by atoms with Gasteiger partial charge in [0.05, 0.1) is 0 Å². The Kier molecular flexibility index (Phi) is 5.08. The molecule has 0 saturated heterocycles. The maximum Gasteiger partial charge on any atom is 0.0214 e. The summed E-state index contributed by atoms with van der Waals surface area (Å²) in [6, 6.07) is 13.1. The van der Waals surface area contributed by atoms with Gasteiger partial charge in [-0.1, -0.05) is 39.8 Å². The van der Waals surface area contributed by atoms with Gasteiger partial charge < -0.3 is 5.32 Å². The molecule has 0 unspecified atom stereocenters. The van der Waals surface area contributed by atoms with Gasteiger partial charge in [0.25, 0.3) is 0 Å². The molecule has 2 rings (SSSR count). The Hall–Kier alpha value is -0.770. The van der Waals surface area contributed by atoms with Gasteiger partial charge in [-0.05, 0) is 61.9 Å². The van der Waals surface area contributed by atoms with Crippen molar-refractivity contribution in [2.24, 2.45) is 0 Å². The van der Waals surface area contributed by atoms with Crippen LogP contribution >= 0.6 is 27.7 Å². The van der Waals surface area contributed by atoms with Crippen molar-refractivity contribution in [3.8, 4) is 0 Å². The van der Waals surface area contributed by atoms with Crippen molar-refractivity contribution in [2.45, 2.75) is 30.2 Å². The standard InChI is InChI=1S/C16H18BrNS/c1-11-4-5-12(2)16(8-11)19-15-7-6-14(17)9-13(15)10-18-3/h4-9,18H,10H2,1-3H3. The Morgan fingerprint density at radius 2 is 1.84 bits per heavy atom. The molecule has 100 valence electrons. The molecule has 0 aromatic heterocycles. The van der Waals surface area contributed by atoms with Crippen LogP contribution in [-0.2, 0) is 6.54 Å². The lowest BCUT2D eigenvalue weighted by atomic mass is 10.2. The van der Waals surface area contributed by atoms with Crippen molar-refractivity contribution in [1.29, 1.82) is 0 Å². The number of aryl methyl sites for hydroxylation is 2. The Balaban J connectivity index is 2.34. The third kappa shape index (κ3) is 3.85. The fraction of sp³-hybridized carbons (Fsp3) is 0.250. The predicted molar refractivity (Wildman–Crippen MR) is 86.9 cm³/mol. The molecule has 0 aliphatic rings. The number of rotatable bonds is 4. The van der Waals surface area contributed by atoms with Crippen LogP contribution in [0.2, 0.25) is 0 Å². The summed E-state index contributed by atoms with van der Waals surface area (Å²) in [5.74, 6) is 0. The average Bonchev–Trinajstić information content (AvgIpc) is 2.37. The summed E-state index contributed by atoms with van der Waals surface area (Å²) in [4.78, 5) is 2.64. The first-order valence-electron chi connectivity index (χ1n) is 6.28. The number of benzene rings is 2. The zero-order valence-corrected chi connectivity index (χ0v) is 13.9. The first-order valence-corrected chi connectivity index (χ1v) is 7.89. The minimum absolute atomic E-state index is 0.882. The molecule has 0 saturated carbocycles. The van der Waals surface area contributed by atoms with Crippen molar-refractivity contribution in [1.82, 2.24) is 5.32 Å². The van der Waals surface area contributed by atoms with E-state index < -0.39 is 0 Å². The van der Waals surface area contributed by atoms with Gasteiger partial charge in [-0.3, -0.25) is 0 Å². The molecular weight excluding hydrogens is 318 g/mol. The highest BCUT2D eigenvalue weighted by molar-refractivity contribution is 9.10. The molecule has 1 nitrogen and oxygen atoms in total. The third-order valence-electron chi connectivity index (χ3n) is 2.95. The molecule has 0 heterocycles. The van der Waals surface area contributed by atoms with Crippen LogP contribution in [-0.4, -0.2) is 7.05 Å². The van der Waals surface area contributed by atoms with Crippen molar-refractivity contribution >= 4 is 27.7 Å². The highest BCUT2D eigenvalue weighted by Crippen LogP contribution is 2.34. The molecule has 1 N–H and O–H groups in total. The lowest BCUT2D eigenvalue weighted by molar-refractivity contribution is 0.802. The Bertz CT molecular complexity index is 581. The van der Waals surface area contributed by atoms with Gasteiger partial charge in [0, 0.05) is 20.8 Å². The lowest BCUT2D eigenvalue weighted by Crippen LogP contribution is -2.06. The van der Waals surface area contributed by atoms with E-state index in [9.17, 15) is 0 Å². The van der Waals surface area contributed by atoms with E-state index in [1.807, 2.05) is 18.8 Å². The monoisotopic (exact) mass is 335 g/mol. The molecule has 19 heavy (non-hydrogen) atoms. The van der Waals surface area contributed by atoms with Crippen LogP contribution in [0, 0.1) is 13.8 Å². The summed E-state index contributed by atoms with van der Waals surface area (Å²) in [6.45, 7) is 5.19. The summed E-state index contributed by atoms with van der Waals surface area (Å²) in [6.07, 6.45) is 0. The maximum absolute atomic E-state index is 3.54. The van der Waals surface area contributed by atoms with Crippen LogP contribution in [0.4, 0.5) is 0 Å². The third-order valence-corrected chi connectivity index (χ3v) is 4.72. The van der Waals surface area contributed by atoms with Crippen LogP contribution in [0.5, 0.6) is 0 Å². The molecule has 0 spiro atoms. The molecule has 0 radical (unpaired) electrons. The predicted octanol–water partition coefficient (Wildman–Crippen LogP) is 4.94. The molecule has 3 heteroatoms. The molecule has 0 amide bonds. The van der Waals surface area contributed by atoms with Gasteiger partial charge in [0.1, 0.15) is 0 Å². The van der Waals surface area contributed by atoms with E-state index in [1.165, 1.54) is 26.5 Å². The summed E-state index contributed by atoms with van der Waals surface area (Å²) in [5.41, 5.74) is 3.96. The normalized spacial score (nSPS) is 10.7. The lowest BCUT2D eigenvalue weighted by Gasteiger charge is -2.12. The quantitative estimate of drug-likeness (QED) is 0.849. The van der Waals surface area contributed by atoms with Gasteiger partial charge in [-0.15, -0.1) is 0 Å². The Labute approximate surface area is 127 Å². The Morgan fingerprint density at radius 1 is 1.05 bits per heavy atom. The molecule has 0 aliphatic carbocycles. The van der Waals surface area contributed by atoms with Crippen LogP contribution in [0.15, 0.2) is 50.7 Å². The second kappa shape index (κ2) is 6.60. The molecule has 2 aromatic rings. The largest absolute Gasteiger partial charge is 0.316 e. The second-order valence-corrected chi connectivity index (χ2v) is 6.65. The summed E-state index contributed by atoms with van der Waals surface area (Å²) in [5, 5.41) is 3.23. The van der Waals surface area contributed by atoms with Gasteiger partial charge >= 0.3 is 0 Å². The fourth-order valence-electron chi connectivity index (χ4n) is 1.91. The van der Waals surface area contributed by atoms with Crippen molar-refractivity contribution in [3.63, 3.8) is 0 Å². The van der Waals surface area contributed by atoms with Crippen LogP contribution in [0.1, 0.15) is 16.7 Å². The molecule has 0 bridgehead atoms. The van der Waals surface area contributed by atoms with E-state index in [0.717, 1.165) is 11.0 Å². The summed E-state index contributed by atoms with van der Waals surface area (Å²) >= 11 is 5.38. The molecule has 0 fully saturated rings. The second-order valence-electron chi connectivity index (χ2n) is 4.65. The van der Waals surface area contributed by atoms with E-state index in [-0.39, 0.29) is 0 Å². The van der Waals surface area contributed by atoms with Gasteiger partial charge in [0.15, 0.2) is 0 Å². The fourth-order valence-corrected chi connectivity index (χ4v) is 3.43. The zero-order chi connectivity index (χ0) is 13.8. The molecule has 2 aromatic carbocycles. The van der Waals surface area contributed by atoms with Gasteiger partial charge in [0.2, 0.25) is 0 Å².